The number of nitrogens with one attached hydrogen (secondary N) is 1. The summed E-state index contributed by atoms with van der Waals surface area (Å²) in [5, 5.41) is 4.09. The number of thiophene rings is 1. The average molecular weight is 282 g/mol. The Labute approximate surface area is 118 Å². The van der Waals surface area contributed by atoms with Gasteiger partial charge in [0, 0.05) is 11.4 Å². The lowest BCUT2D eigenvalue weighted by Crippen LogP contribution is -2.56. The third-order valence-corrected chi connectivity index (χ3v) is 4.48. The van der Waals surface area contributed by atoms with Gasteiger partial charge < -0.3 is 4.74 Å². The van der Waals surface area contributed by atoms with Crippen LogP contribution < -0.4 is 5.43 Å². The maximum absolute atomic E-state index is 11.9. The summed E-state index contributed by atoms with van der Waals surface area (Å²) in [6, 6.07) is 2.17. The van der Waals surface area contributed by atoms with Crippen molar-refractivity contribution >= 4 is 17.4 Å². The number of carbonyl (C=O) groups is 1. The fourth-order valence-corrected chi connectivity index (χ4v) is 3.40. The molecule has 0 saturated carbocycles. The standard InChI is InChI=1S/C14H22N2O2S/c1-13(2,3)18-12(17)15-16-8-6-10-7-9-19-11(10)14(16,4)5/h7,9H,6,8H2,1-5H3,(H,15,17). The minimum absolute atomic E-state index is 0.196. The van der Waals surface area contributed by atoms with Gasteiger partial charge in [0.15, 0.2) is 0 Å². The molecule has 0 unspecified atom stereocenters. The predicted octanol–water partition coefficient (Wildman–Crippen LogP) is 3.28. The van der Waals surface area contributed by atoms with Gasteiger partial charge in [0.2, 0.25) is 0 Å². The zero-order chi connectivity index (χ0) is 14.3. The molecule has 0 radical (unpaired) electrons. The minimum atomic E-state index is -0.474. The first-order valence-electron chi connectivity index (χ1n) is 6.54. The summed E-state index contributed by atoms with van der Waals surface area (Å²) in [5.41, 5.74) is 3.59. The van der Waals surface area contributed by atoms with E-state index >= 15 is 0 Å². The van der Waals surface area contributed by atoms with Crippen LogP contribution in [0.4, 0.5) is 4.79 Å². The maximum atomic E-state index is 11.9. The highest BCUT2D eigenvalue weighted by Gasteiger charge is 2.37. The molecule has 1 aromatic rings. The fraction of sp³-hybridized carbons (Fsp3) is 0.643. The number of ether oxygens (including phenoxy) is 1. The summed E-state index contributed by atoms with van der Waals surface area (Å²) in [5.74, 6) is 0. The number of nitrogens with zero attached hydrogens (tertiary/aromatic N) is 1. The molecule has 0 fully saturated rings. The highest BCUT2D eigenvalue weighted by Crippen LogP contribution is 2.37. The Morgan fingerprint density at radius 3 is 2.79 bits per heavy atom. The SMILES string of the molecule is CC(C)(C)OC(=O)NN1CCc2ccsc2C1(C)C. The van der Waals surface area contributed by atoms with Gasteiger partial charge in [0.1, 0.15) is 5.60 Å². The van der Waals surface area contributed by atoms with Crippen LogP contribution in [0.1, 0.15) is 45.1 Å². The summed E-state index contributed by atoms with van der Waals surface area (Å²) >= 11 is 1.74. The monoisotopic (exact) mass is 282 g/mol. The molecule has 19 heavy (non-hydrogen) atoms. The van der Waals surface area contributed by atoms with Gasteiger partial charge in [0.05, 0.1) is 5.54 Å². The van der Waals surface area contributed by atoms with Crippen molar-refractivity contribution in [2.45, 2.75) is 52.2 Å². The van der Waals surface area contributed by atoms with E-state index in [9.17, 15) is 4.79 Å². The van der Waals surface area contributed by atoms with Crippen molar-refractivity contribution in [1.82, 2.24) is 10.4 Å². The molecule has 5 heteroatoms. The van der Waals surface area contributed by atoms with Crippen LogP contribution in [0.2, 0.25) is 0 Å². The van der Waals surface area contributed by atoms with E-state index in [1.54, 1.807) is 11.3 Å². The number of hydrogen-bond donors (Lipinski definition) is 1. The molecule has 1 aromatic heterocycles. The van der Waals surface area contributed by atoms with Gasteiger partial charge in [-0.25, -0.2) is 9.80 Å². The lowest BCUT2D eigenvalue weighted by molar-refractivity contribution is 0.00387. The number of rotatable bonds is 1. The van der Waals surface area contributed by atoms with Crippen molar-refractivity contribution < 1.29 is 9.53 Å². The Hall–Kier alpha value is -1.07. The predicted molar refractivity (Wildman–Crippen MR) is 77.1 cm³/mol. The topological polar surface area (TPSA) is 41.6 Å². The zero-order valence-electron chi connectivity index (χ0n) is 12.2. The molecule has 1 aliphatic rings. The van der Waals surface area contributed by atoms with Crippen molar-refractivity contribution in [3.63, 3.8) is 0 Å². The molecule has 1 amide bonds. The Balaban J connectivity index is 2.09. The van der Waals surface area contributed by atoms with Crippen molar-refractivity contribution in [3.05, 3.63) is 21.9 Å². The lowest BCUT2D eigenvalue weighted by atomic mass is 9.93. The second-order valence-electron chi connectivity index (χ2n) is 6.35. The molecule has 106 valence electrons. The van der Waals surface area contributed by atoms with Crippen LogP contribution >= 0.6 is 11.3 Å². The van der Waals surface area contributed by atoms with Crippen molar-refractivity contribution in [3.8, 4) is 0 Å². The highest BCUT2D eigenvalue weighted by molar-refractivity contribution is 7.10. The van der Waals surface area contributed by atoms with E-state index in [1.807, 2.05) is 25.8 Å². The van der Waals surface area contributed by atoms with Gasteiger partial charge in [-0.15, -0.1) is 11.3 Å². The Bertz CT molecular complexity index is 474. The molecule has 2 rings (SSSR count). The maximum Gasteiger partial charge on any atom is 0.422 e. The molecule has 0 spiro atoms. The van der Waals surface area contributed by atoms with Crippen LogP contribution in [-0.4, -0.2) is 23.2 Å². The van der Waals surface area contributed by atoms with Crippen LogP contribution in [0.15, 0.2) is 11.4 Å². The van der Waals surface area contributed by atoms with E-state index in [2.05, 4.69) is 30.7 Å². The summed E-state index contributed by atoms with van der Waals surface area (Å²) < 4.78 is 5.31. The first-order chi connectivity index (χ1) is 8.70. The molecule has 2 heterocycles. The van der Waals surface area contributed by atoms with Gasteiger partial charge in [-0.1, -0.05) is 0 Å². The van der Waals surface area contributed by atoms with Crippen LogP contribution in [0.3, 0.4) is 0 Å². The van der Waals surface area contributed by atoms with Crippen LogP contribution in [0.5, 0.6) is 0 Å². The minimum Gasteiger partial charge on any atom is -0.443 e. The normalized spacial score (nSPS) is 18.8. The van der Waals surface area contributed by atoms with Gasteiger partial charge in [-0.3, -0.25) is 5.43 Å². The second kappa shape index (κ2) is 4.80. The Kier molecular flexibility index (Phi) is 3.62. The van der Waals surface area contributed by atoms with Gasteiger partial charge in [-0.2, -0.15) is 0 Å². The van der Waals surface area contributed by atoms with Gasteiger partial charge >= 0.3 is 6.09 Å². The van der Waals surface area contributed by atoms with Gasteiger partial charge in [-0.05, 0) is 58.0 Å². The largest absolute Gasteiger partial charge is 0.443 e. The van der Waals surface area contributed by atoms with E-state index in [1.165, 1.54) is 10.4 Å². The van der Waals surface area contributed by atoms with E-state index in [0.29, 0.717) is 0 Å². The van der Waals surface area contributed by atoms with Crippen LogP contribution in [-0.2, 0) is 16.7 Å². The summed E-state index contributed by atoms with van der Waals surface area (Å²) in [4.78, 5) is 13.2. The number of amides is 1. The Morgan fingerprint density at radius 2 is 2.16 bits per heavy atom. The molecule has 0 aromatic carbocycles. The molecular formula is C14H22N2O2S. The summed E-state index contributed by atoms with van der Waals surface area (Å²) in [6.07, 6.45) is 0.568. The fourth-order valence-electron chi connectivity index (χ4n) is 2.31. The molecule has 0 bridgehead atoms. The third kappa shape index (κ3) is 3.09. The molecule has 1 N–H and O–H groups in total. The molecular weight excluding hydrogens is 260 g/mol. The summed E-state index contributed by atoms with van der Waals surface area (Å²) in [6.45, 7) is 10.6. The highest BCUT2D eigenvalue weighted by atomic mass is 32.1. The number of carbonyl (C=O) groups excluding carboxylic acids is 1. The van der Waals surface area contributed by atoms with Crippen LogP contribution in [0, 0.1) is 0 Å². The zero-order valence-corrected chi connectivity index (χ0v) is 13.1. The van der Waals surface area contributed by atoms with E-state index in [0.717, 1.165) is 13.0 Å². The number of fused-ring (bicyclic) bond motifs is 1. The lowest BCUT2D eigenvalue weighted by Gasteiger charge is -2.41. The number of hydrazine groups is 1. The summed E-state index contributed by atoms with van der Waals surface area (Å²) in [7, 11) is 0. The second-order valence-corrected chi connectivity index (χ2v) is 7.27. The van der Waals surface area contributed by atoms with Crippen molar-refractivity contribution in [1.29, 1.82) is 0 Å². The van der Waals surface area contributed by atoms with Crippen LogP contribution in [0.25, 0.3) is 0 Å². The molecule has 0 atom stereocenters. The van der Waals surface area contributed by atoms with E-state index < -0.39 is 5.60 Å². The smallest absolute Gasteiger partial charge is 0.422 e. The molecule has 4 nitrogen and oxygen atoms in total. The first-order valence-corrected chi connectivity index (χ1v) is 7.42. The molecule has 0 aliphatic carbocycles. The average Bonchev–Trinajstić information content (AvgIpc) is 2.69. The van der Waals surface area contributed by atoms with Crippen molar-refractivity contribution in [2.75, 3.05) is 6.54 Å². The third-order valence-electron chi connectivity index (χ3n) is 3.21. The quantitative estimate of drug-likeness (QED) is 0.859. The van der Waals surface area contributed by atoms with E-state index in [4.69, 9.17) is 4.74 Å². The Morgan fingerprint density at radius 1 is 1.47 bits per heavy atom. The van der Waals surface area contributed by atoms with Gasteiger partial charge in [0.25, 0.3) is 0 Å². The number of hydrogen-bond acceptors (Lipinski definition) is 4. The molecule has 1 aliphatic heterocycles. The van der Waals surface area contributed by atoms with Crippen molar-refractivity contribution in [2.24, 2.45) is 0 Å². The van der Waals surface area contributed by atoms with E-state index in [-0.39, 0.29) is 11.6 Å². The first kappa shape index (κ1) is 14.3. The molecule has 0 saturated heterocycles.